The van der Waals surface area contributed by atoms with Gasteiger partial charge in [0.05, 0.1) is 6.54 Å². The number of aromatic carboxylic acids is 1. The zero-order chi connectivity index (χ0) is 13.2. The van der Waals surface area contributed by atoms with Crippen LogP contribution in [0.25, 0.3) is 0 Å². The van der Waals surface area contributed by atoms with Crippen LogP contribution in [0.1, 0.15) is 28.1 Å². The summed E-state index contributed by atoms with van der Waals surface area (Å²) in [6, 6.07) is 4.46. The molecule has 0 aromatic carbocycles. The first-order valence-electron chi connectivity index (χ1n) is 6.08. The molecule has 1 saturated carbocycles. The number of hydrogen-bond donors (Lipinski definition) is 1. The summed E-state index contributed by atoms with van der Waals surface area (Å²) in [5.74, 6) is -0.453. The van der Waals surface area contributed by atoms with Gasteiger partial charge in [-0.15, -0.1) is 11.3 Å². The lowest BCUT2D eigenvalue weighted by atomic mass is 10.2. The second kappa shape index (κ2) is 4.97. The van der Waals surface area contributed by atoms with E-state index in [-0.39, 0.29) is 5.56 Å². The summed E-state index contributed by atoms with van der Waals surface area (Å²) < 4.78 is 0. The van der Waals surface area contributed by atoms with Crippen molar-refractivity contribution in [1.29, 1.82) is 0 Å². The lowest BCUT2D eigenvalue weighted by Crippen LogP contribution is -2.27. The van der Waals surface area contributed by atoms with Crippen LogP contribution in [0.3, 0.4) is 0 Å². The highest BCUT2D eigenvalue weighted by atomic mass is 32.1. The third-order valence-electron chi connectivity index (χ3n) is 3.09. The fourth-order valence-corrected chi connectivity index (χ4v) is 2.74. The first-order valence-corrected chi connectivity index (χ1v) is 6.96. The Morgan fingerprint density at radius 1 is 1.53 bits per heavy atom. The van der Waals surface area contributed by atoms with E-state index < -0.39 is 5.97 Å². The normalized spacial score (nSPS) is 14.3. The van der Waals surface area contributed by atoms with Gasteiger partial charge in [0, 0.05) is 17.1 Å². The molecule has 98 valence electrons. The molecule has 0 aliphatic heterocycles. The predicted molar refractivity (Wildman–Crippen MR) is 72.5 cm³/mol. The van der Waals surface area contributed by atoms with Crippen molar-refractivity contribution in [3.63, 3.8) is 0 Å². The van der Waals surface area contributed by atoms with Crippen molar-refractivity contribution in [2.45, 2.75) is 25.4 Å². The molecule has 1 aliphatic rings. The van der Waals surface area contributed by atoms with Crippen molar-refractivity contribution in [1.82, 2.24) is 9.97 Å². The maximum absolute atomic E-state index is 11.3. The van der Waals surface area contributed by atoms with Gasteiger partial charge in [0.25, 0.3) is 0 Å². The van der Waals surface area contributed by atoms with Crippen LogP contribution < -0.4 is 4.90 Å². The van der Waals surface area contributed by atoms with Crippen molar-refractivity contribution >= 4 is 23.1 Å². The molecule has 2 aromatic rings. The molecular formula is C13H13N3O2S. The van der Waals surface area contributed by atoms with Gasteiger partial charge < -0.3 is 10.0 Å². The molecule has 0 radical (unpaired) electrons. The summed E-state index contributed by atoms with van der Waals surface area (Å²) in [4.78, 5) is 22.5. The number of aromatic nitrogens is 2. The lowest BCUT2D eigenvalue weighted by molar-refractivity contribution is 0.0696. The fourth-order valence-electron chi connectivity index (χ4n) is 2.04. The number of thiophene rings is 1. The van der Waals surface area contributed by atoms with Gasteiger partial charge in [-0.25, -0.2) is 14.8 Å². The molecule has 0 amide bonds. The van der Waals surface area contributed by atoms with Crippen LogP contribution in [-0.2, 0) is 6.54 Å². The number of carboxylic acid groups (broad SMARTS) is 1. The minimum atomic E-state index is -0.979. The second-order valence-corrected chi connectivity index (χ2v) is 5.54. The lowest BCUT2D eigenvalue weighted by Gasteiger charge is -2.23. The summed E-state index contributed by atoms with van der Waals surface area (Å²) in [5, 5.41) is 11.3. The number of anilines is 1. The second-order valence-electron chi connectivity index (χ2n) is 4.50. The summed E-state index contributed by atoms with van der Waals surface area (Å²) in [6.07, 6.45) is 4.96. The average Bonchev–Trinajstić information content (AvgIpc) is 3.13. The highest BCUT2D eigenvalue weighted by Gasteiger charge is 2.32. The van der Waals surface area contributed by atoms with Crippen LogP contribution in [0.2, 0.25) is 0 Å². The molecule has 0 saturated heterocycles. The zero-order valence-corrected chi connectivity index (χ0v) is 11.0. The summed E-state index contributed by atoms with van der Waals surface area (Å²) in [5.41, 5.74) is 0.172. The van der Waals surface area contributed by atoms with Crippen molar-refractivity contribution in [2.24, 2.45) is 0 Å². The topological polar surface area (TPSA) is 66.3 Å². The minimum Gasteiger partial charge on any atom is -0.477 e. The van der Waals surface area contributed by atoms with E-state index in [4.69, 9.17) is 0 Å². The van der Waals surface area contributed by atoms with Crippen LogP contribution in [0.15, 0.2) is 30.0 Å². The molecule has 19 heavy (non-hydrogen) atoms. The van der Waals surface area contributed by atoms with Crippen LogP contribution in [-0.4, -0.2) is 27.1 Å². The van der Waals surface area contributed by atoms with Crippen LogP contribution in [0.5, 0.6) is 0 Å². The van der Waals surface area contributed by atoms with Crippen LogP contribution in [0, 0.1) is 0 Å². The molecule has 2 aromatic heterocycles. The molecular weight excluding hydrogens is 262 g/mol. The monoisotopic (exact) mass is 275 g/mol. The third kappa shape index (κ3) is 2.58. The zero-order valence-electron chi connectivity index (χ0n) is 10.2. The molecule has 1 fully saturated rings. The van der Waals surface area contributed by atoms with Crippen LogP contribution in [0.4, 0.5) is 5.82 Å². The highest BCUT2D eigenvalue weighted by Crippen LogP contribution is 2.34. The van der Waals surface area contributed by atoms with Crippen LogP contribution >= 0.6 is 11.3 Å². The number of rotatable bonds is 5. The molecule has 1 N–H and O–H groups in total. The van der Waals surface area contributed by atoms with Gasteiger partial charge >= 0.3 is 5.97 Å². The van der Waals surface area contributed by atoms with Crippen molar-refractivity contribution in [3.8, 4) is 0 Å². The van der Waals surface area contributed by atoms with E-state index in [1.807, 2.05) is 11.4 Å². The Bertz CT molecular complexity index is 581. The Morgan fingerprint density at radius 3 is 3.00 bits per heavy atom. The number of hydrogen-bond acceptors (Lipinski definition) is 5. The number of nitrogens with zero attached hydrogens (tertiary/aromatic N) is 3. The molecule has 0 atom stereocenters. The summed E-state index contributed by atoms with van der Waals surface area (Å²) >= 11 is 1.67. The Labute approximate surface area is 114 Å². The SMILES string of the molecule is O=C(O)c1cncnc1N(Cc1cccs1)C1CC1. The largest absolute Gasteiger partial charge is 0.477 e. The first kappa shape index (κ1) is 12.1. The molecule has 5 nitrogen and oxygen atoms in total. The minimum absolute atomic E-state index is 0.172. The summed E-state index contributed by atoms with van der Waals surface area (Å²) in [6.45, 7) is 0.708. The van der Waals surface area contributed by atoms with E-state index in [9.17, 15) is 9.90 Å². The molecule has 0 spiro atoms. The summed E-state index contributed by atoms with van der Waals surface area (Å²) in [7, 11) is 0. The van der Waals surface area contributed by atoms with E-state index >= 15 is 0 Å². The standard InChI is InChI=1S/C13H13N3O2S/c17-13(18)11-6-14-8-15-12(11)16(9-3-4-9)7-10-2-1-5-19-10/h1-2,5-6,8-9H,3-4,7H2,(H,17,18). The Hall–Kier alpha value is -1.95. The van der Waals surface area contributed by atoms with Crippen molar-refractivity contribution in [2.75, 3.05) is 4.90 Å². The van der Waals surface area contributed by atoms with E-state index in [0.29, 0.717) is 18.4 Å². The number of carbonyl (C=O) groups is 1. The average molecular weight is 275 g/mol. The quantitative estimate of drug-likeness (QED) is 0.907. The highest BCUT2D eigenvalue weighted by molar-refractivity contribution is 7.09. The maximum atomic E-state index is 11.3. The molecule has 1 aliphatic carbocycles. The van der Waals surface area contributed by atoms with E-state index in [1.54, 1.807) is 11.3 Å². The van der Waals surface area contributed by atoms with Gasteiger partial charge in [0.2, 0.25) is 0 Å². The van der Waals surface area contributed by atoms with Gasteiger partial charge in [-0.1, -0.05) is 6.07 Å². The fraction of sp³-hybridized carbons (Fsp3) is 0.308. The van der Waals surface area contributed by atoms with E-state index in [0.717, 1.165) is 12.8 Å². The van der Waals surface area contributed by atoms with Crippen molar-refractivity contribution in [3.05, 3.63) is 40.5 Å². The third-order valence-corrected chi connectivity index (χ3v) is 3.95. The van der Waals surface area contributed by atoms with Gasteiger partial charge in [0.1, 0.15) is 17.7 Å². The maximum Gasteiger partial charge on any atom is 0.341 e. The smallest absolute Gasteiger partial charge is 0.341 e. The van der Waals surface area contributed by atoms with E-state index in [1.165, 1.54) is 17.4 Å². The van der Waals surface area contributed by atoms with Gasteiger partial charge in [0.15, 0.2) is 0 Å². The Morgan fingerprint density at radius 2 is 2.37 bits per heavy atom. The predicted octanol–water partition coefficient (Wildman–Crippen LogP) is 2.41. The van der Waals surface area contributed by atoms with Gasteiger partial charge in [-0.3, -0.25) is 0 Å². The first-order chi connectivity index (χ1) is 9.25. The molecule has 0 bridgehead atoms. The van der Waals surface area contributed by atoms with E-state index in [2.05, 4.69) is 20.9 Å². The Balaban J connectivity index is 1.94. The molecule has 0 unspecified atom stereocenters. The Kier molecular flexibility index (Phi) is 3.16. The molecule has 2 heterocycles. The van der Waals surface area contributed by atoms with Gasteiger partial charge in [-0.05, 0) is 24.3 Å². The van der Waals surface area contributed by atoms with Gasteiger partial charge in [-0.2, -0.15) is 0 Å². The molecule has 6 heteroatoms. The molecule has 3 rings (SSSR count). The van der Waals surface area contributed by atoms with Crippen molar-refractivity contribution < 1.29 is 9.90 Å². The number of carboxylic acids is 1.